The summed E-state index contributed by atoms with van der Waals surface area (Å²) in [4.78, 5) is 0.262. The first-order valence-electron chi connectivity index (χ1n) is 8.57. The minimum Gasteiger partial charge on any atom is -0.306 e. The predicted octanol–water partition coefficient (Wildman–Crippen LogP) is 3.85. The maximum absolute atomic E-state index is 13.2. The molecule has 2 aromatic carbocycles. The molecule has 0 amide bonds. The molecule has 0 saturated carbocycles. The Balaban J connectivity index is 2.06. The summed E-state index contributed by atoms with van der Waals surface area (Å²) in [6, 6.07) is 10.4. The second kappa shape index (κ2) is 8.70. The molecule has 0 aromatic heterocycles. The average molecular weight is 382 g/mol. The molecule has 7 heteroatoms. The van der Waals surface area contributed by atoms with E-state index in [0.29, 0.717) is 25.2 Å². The molecule has 4 nitrogen and oxygen atoms in total. The predicted molar refractivity (Wildman–Crippen MR) is 98.2 cm³/mol. The second-order valence-electron chi connectivity index (χ2n) is 6.01. The molecular weight excluding hydrogens is 358 g/mol. The number of nitrogens with zero attached hydrogens (tertiary/aromatic N) is 1. The highest BCUT2D eigenvalue weighted by Gasteiger charge is 2.21. The zero-order valence-electron chi connectivity index (χ0n) is 15.2. The van der Waals surface area contributed by atoms with Crippen LogP contribution in [0.15, 0.2) is 47.4 Å². The van der Waals surface area contributed by atoms with Gasteiger partial charge in [-0.1, -0.05) is 32.0 Å². The van der Waals surface area contributed by atoms with E-state index in [1.165, 1.54) is 10.4 Å². The van der Waals surface area contributed by atoms with Crippen LogP contribution < -0.4 is 5.32 Å². The van der Waals surface area contributed by atoms with Crippen LogP contribution in [0.2, 0.25) is 0 Å². The second-order valence-corrected chi connectivity index (χ2v) is 7.95. The average Bonchev–Trinajstić information content (AvgIpc) is 2.63. The van der Waals surface area contributed by atoms with Crippen molar-refractivity contribution in [2.24, 2.45) is 0 Å². The van der Waals surface area contributed by atoms with Gasteiger partial charge in [-0.05, 0) is 42.3 Å². The summed E-state index contributed by atoms with van der Waals surface area (Å²) in [5.41, 5.74) is 1.54. The van der Waals surface area contributed by atoms with Crippen LogP contribution in [0.4, 0.5) is 8.78 Å². The van der Waals surface area contributed by atoms with Crippen LogP contribution in [0.3, 0.4) is 0 Å². The Bertz CT molecular complexity index is 835. The molecule has 0 fully saturated rings. The Morgan fingerprint density at radius 3 is 2.15 bits per heavy atom. The van der Waals surface area contributed by atoms with Gasteiger partial charge in [0.1, 0.15) is 0 Å². The van der Waals surface area contributed by atoms with Crippen molar-refractivity contribution in [1.82, 2.24) is 9.62 Å². The van der Waals surface area contributed by atoms with Gasteiger partial charge < -0.3 is 5.32 Å². The van der Waals surface area contributed by atoms with Crippen LogP contribution in [0, 0.1) is 11.6 Å². The van der Waals surface area contributed by atoms with Crippen LogP contribution in [0.5, 0.6) is 0 Å². The number of rotatable bonds is 8. The van der Waals surface area contributed by atoms with E-state index in [1.807, 2.05) is 6.92 Å². The van der Waals surface area contributed by atoms with Crippen molar-refractivity contribution in [1.29, 1.82) is 0 Å². The van der Waals surface area contributed by atoms with Crippen molar-refractivity contribution in [3.63, 3.8) is 0 Å². The summed E-state index contributed by atoms with van der Waals surface area (Å²) >= 11 is 0. The highest BCUT2D eigenvalue weighted by molar-refractivity contribution is 7.89. The molecule has 0 spiro atoms. The van der Waals surface area contributed by atoms with Crippen molar-refractivity contribution >= 4 is 10.0 Å². The molecule has 2 aromatic rings. The summed E-state index contributed by atoms with van der Waals surface area (Å²) in [5, 5.41) is 3.22. The Morgan fingerprint density at radius 1 is 1.00 bits per heavy atom. The zero-order valence-corrected chi connectivity index (χ0v) is 16.0. The van der Waals surface area contributed by atoms with Gasteiger partial charge in [0.15, 0.2) is 11.6 Å². The van der Waals surface area contributed by atoms with E-state index in [2.05, 4.69) is 5.32 Å². The van der Waals surface area contributed by atoms with Crippen LogP contribution in [-0.2, 0) is 16.6 Å². The molecule has 0 saturated heterocycles. The Hall–Kier alpha value is -1.83. The molecule has 0 aliphatic heterocycles. The van der Waals surface area contributed by atoms with E-state index in [1.54, 1.807) is 38.1 Å². The van der Waals surface area contributed by atoms with Crippen LogP contribution in [-0.4, -0.2) is 25.8 Å². The van der Waals surface area contributed by atoms with Gasteiger partial charge >= 0.3 is 0 Å². The SMILES string of the molecule is CCN(CC)S(=O)(=O)c1ccc([C@@H](C)NCc2ccc(F)c(F)c2)cc1. The fourth-order valence-electron chi connectivity index (χ4n) is 2.68. The monoisotopic (exact) mass is 382 g/mol. The number of nitrogens with one attached hydrogen (secondary N) is 1. The van der Waals surface area contributed by atoms with Crippen LogP contribution >= 0.6 is 0 Å². The minimum atomic E-state index is -3.47. The number of sulfonamides is 1. The van der Waals surface area contributed by atoms with Gasteiger partial charge in [-0.3, -0.25) is 0 Å². The highest BCUT2D eigenvalue weighted by atomic mass is 32.2. The largest absolute Gasteiger partial charge is 0.306 e. The number of benzene rings is 2. The molecule has 142 valence electrons. The lowest BCUT2D eigenvalue weighted by molar-refractivity contribution is 0.445. The van der Waals surface area contributed by atoms with Gasteiger partial charge in [-0.2, -0.15) is 4.31 Å². The lowest BCUT2D eigenvalue weighted by Crippen LogP contribution is -2.30. The zero-order chi connectivity index (χ0) is 19.3. The molecule has 0 unspecified atom stereocenters. The summed E-state index contributed by atoms with van der Waals surface area (Å²) in [7, 11) is -3.47. The quantitative estimate of drug-likeness (QED) is 0.755. The third-order valence-corrected chi connectivity index (χ3v) is 6.38. The van der Waals surface area contributed by atoms with Crippen molar-refractivity contribution in [2.75, 3.05) is 13.1 Å². The summed E-state index contributed by atoms with van der Waals surface area (Å²) in [6.45, 7) is 6.75. The fourth-order valence-corrected chi connectivity index (χ4v) is 4.14. The Morgan fingerprint density at radius 2 is 1.62 bits per heavy atom. The number of hydrogen-bond acceptors (Lipinski definition) is 3. The molecule has 26 heavy (non-hydrogen) atoms. The smallest absolute Gasteiger partial charge is 0.243 e. The maximum atomic E-state index is 13.2. The summed E-state index contributed by atoms with van der Waals surface area (Å²) in [5.74, 6) is -1.74. The first kappa shape index (κ1) is 20.5. The highest BCUT2D eigenvalue weighted by Crippen LogP contribution is 2.20. The van der Waals surface area contributed by atoms with Crippen molar-refractivity contribution in [3.8, 4) is 0 Å². The molecule has 1 N–H and O–H groups in total. The molecule has 0 aliphatic rings. The first-order chi connectivity index (χ1) is 12.3. The third kappa shape index (κ3) is 4.66. The van der Waals surface area contributed by atoms with Gasteiger partial charge in [-0.15, -0.1) is 0 Å². The van der Waals surface area contributed by atoms with E-state index in [0.717, 1.165) is 17.7 Å². The first-order valence-corrected chi connectivity index (χ1v) is 10.0. The van der Waals surface area contributed by atoms with Gasteiger partial charge in [0, 0.05) is 25.7 Å². The van der Waals surface area contributed by atoms with Gasteiger partial charge in [0.25, 0.3) is 0 Å². The molecule has 2 rings (SSSR count). The van der Waals surface area contributed by atoms with Crippen LogP contribution in [0.1, 0.15) is 37.9 Å². The van der Waals surface area contributed by atoms with Gasteiger partial charge in [0.05, 0.1) is 4.90 Å². The normalized spacial score (nSPS) is 13.2. The Labute approximate surface area is 153 Å². The Kier molecular flexibility index (Phi) is 6.86. The molecule has 0 aliphatic carbocycles. The van der Waals surface area contributed by atoms with E-state index in [-0.39, 0.29) is 10.9 Å². The van der Waals surface area contributed by atoms with E-state index >= 15 is 0 Å². The summed E-state index contributed by atoms with van der Waals surface area (Å²) in [6.07, 6.45) is 0. The van der Waals surface area contributed by atoms with Crippen molar-refractivity contribution < 1.29 is 17.2 Å². The van der Waals surface area contributed by atoms with Crippen molar-refractivity contribution in [3.05, 3.63) is 65.2 Å². The maximum Gasteiger partial charge on any atom is 0.243 e. The minimum absolute atomic E-state index is 0.0756. The third-order valence-electron chi connectivity index (χ3n) is 4.32. The molecular formula is C19H24F2N2O2S. The van der Waals surface area contributed by atoms with Gasteiger partial charge in [0.2, 0.25) is 10.0 Å². The van der Waals surface area contributed by atoms with Gasteiger partial charge in [-0.25, -0.2) is 17.2 Å². The van der Waals surface area contributed by atoms with E-state index in [9.17, 15) is 17.2 Å². The lowest BCUT2D eigenvalue weighted by Gasteiger charge is -2.19. The van der Waals surface area contributed by atoms with Crippen LogP contribution in [0.25, 0.3) is 0 Å². The number of halogens is 2. The van der Waals surface area contributed by atoms with E-state index < -0.39 is 21.7 Å². The molecule has 0 bridgehead atoms. The molecule has 0 heterocycles. The topological polar surface area (TPSA) is 49.4 Å². The lowest BCUT2D eigenvalue weighted by atomic mass is 10.1. The number of hydrogen-bond donors (Lipinski definition) is 1. The van der Waals surface area contributed by atoms with E-state index in [4.69, 9.17) is 0 Å². The fraction of sp³-hybridized carbons (Fsp3) is 0.368. The van der Waals surface area contributed by atoms with Crippen molar-refractivity contribution in [2.45, 2.75) is 38.3 Å². The standard InChI is InChI=1S/C19H24F2N2O2S/c1-4-23(5-2)26(24,25)17-9-7-16(8-10-17)14(3)22-13-15-6-11-18(20)19(21)12-15/h6-12,14,22H,4-5,13H2,1-3H3/t14-/m1/s1. The molecule has 1 atom stereocenters. The summed E-state index contributed by atoms with van der Waals surface area (Å²) < 4.78 is 52.6. The molecule has 0 radical (unpaired) electrons.